The molecule has 1 saturated heterocycles. The Labute approximate surface area is 216 Å². The lowest BCUT2D eigenvalue weighted by atomic mass is 9.89. The van der Waals surface area contributed by atoms with E-state index in [2.05, 4.69) is 12.1 Å². The third-order valence-corrected chi connectivity index (χ3v) is 7.45. The number of carbonyl (C=O) groups is 2. The number of benzene rings is 2. The third-order valence-electron chi connectivity index (χ3n) is 7.45. The number of hydroxylamine groups is 1. The van der Waals surface area contributed by atoms with Gasteiger partial charge < -0.3 is 15.4 Å². The molecule has 2 aromatic carbocycles. The zero-order valence-corrected chi connectivity index (χ0v) is 21.3. The van der Waals surface area contributed by atoms with Gasteiger partial charge in [-0.1, -0.05) is 44.2 Å². The van der Waals surface area contributed by atoms with Crippen LogP contribution in [0.1, 0.15) is 62.3 Å². The third kappa shape index (κ3) is 5.04. The van der Waals surface area contributed by atoms with Gasteiger partial charge in [-0.15, -0.1) is 0 Å². The molecule has 8 heteroatoms. The molecule has 2 fully saturated rings. The predicted octanol–water partition coefficient (Wildman–Crippen LogP) is 4.00. The highest BCUT2D eigenvalue weighted by Gasteiger charge is 2.48. The fourth-order valence-corrected chi connectivity index (χ4v) is 5.21. The van der Waals surface area contributed by atoms with Crippen molar-refractivity contribution in [1.82, 2.24) is 15.4 Å². The number of rotatable bonds is 9. The van der Waals surface area contributed by atoms with Crippen LogP contribution in [0.15, 0.2) is 54.6 Å². The number of para-hydroxylation sites is 1. The smallest absolute Gasteiger partial charge is 0.266 e. The first-order valence-corrected chi connectivity index (χ1v) is 13.0. The van der Waals surface area contributed by atoms with Crippen molar-refractivity contribution in [3.05, 3.63) is 71.4 Å². The van der Waals surface area contributed by atoms with Gasteiger partial charge in [-0.05, 0) is 61.4 Å². The van der Waals surface area contributed by atoms with E-state index in [-0.39, 0.29) is 11.8 Å². The number of likely N-dealkylation sites (tertiary alicyclic amines) is 1. The second-order valence-corrected chi connectivity index (χ2v) is 10.7. The molecule has 0 unspecified atom stereocenters. The molecule has 2 atom stereocenters. The molecule has 2 heterocycles. The number of pyridine rings is 1. The molecule has 2 amide bonds. The topological polar surface area (TPSA) is 118 Å². The molecule has 0 radical (unpaired) electrons. The molecule has 1 aromatic heterocycles. The maximum atomic E-state index is 13.4. The van der Waals surface area contributed by atoms with Crippen LogP contribution < -0.4 is 16.0 Å². The van der Waals surface area contributed by atoms with Gasteiger partial charge in [0, 0.05) is 29.1 Å². The van der Waals surface area contributed by atoms with Gasteiger partial charge in [-0.25, -0.2) is 5.48 Å². The lowest BCUT2D eigenvalue weighted by Gasteiger charge is -2.30. The number of nitrogens with two attached hydrogens (primary N) is 1. The second kappa shape index (κ2) is 10.1. The molecule has 37 heavy (non-hydrogen) atoms. The molecule has 2 aliphatic rings. The molecule has 5 rings (SSSR count). The van der Waals surface area contributed by atoms with E-state index in [9.17, 15) is 14.8 Å². The van der Waals surface area contributed by atoms with Gasteiger partial charge in [0.25, 0.3) is 5.91 Å². The highest BCUT2D eigenvalue weighted by Crippen LogP contribution is 2.40. The van der Waals surface area contributed by atoms with Crippen LogP contribution in [-0.2, 0) is 21.7 Å². The zero-order valence-electron chi connectivity index (χ0n) is 21.3. The van der Waals surface area contributed by atoms with Gasteiger partial charge in [0.05, 0.1) is 5.52 Å². The first-order valence-electron chi connectivity index (χ1n) is 13.0. The zero-order chi connectivity index (χ0) is 26.2. The largest absolute Gasteiger partial charge is 0.489 e. The Kier molecular flexibility index (Phi) is 6.88. The van der Waals surface area contributed by atoms with Crippen LogP contribution in [0, 0.1) is 5.92 Å². The normalized spacial score (nSPS) is 20.5. The van der Waals surface area contributed by atoms with Crippen LogP contribution in [0.25, 0.3) is 10.9 Å². The lowest BCUT2D eigenvalue weighted by Crippen LogP contribution is -2.52. The van der Waals surface area contributed by atoms with Crippen molar-refractivity contribution in [2.45, 2.75) is 63.6 Å². The number of ether oxygens (including phenoxy) is 1. The Hall–Kier alpha value is -3.49. The van der Waals surface area contributed by atoms with E-state index < -0.39 is 17.5 Å². The molecule has 3 aromatic rings. The van der Waals surface area contributed by atoms with E-state index in [0.29, 0.717) is 43.2 Å². The molecule has 0 bridgehead atoms. The molecule has 4 N–H and O–H groups in total. The summed E-state index contributed by atoms with van der Waals surface area (Å²) in [5.74, 6) is 0.489. The molecule has 1 saturated carbocycles. The standard InChI is InChI=1S/C29H34N4O4/c1-18(2)15-26(27(34)32-36)33-14-13-29(30,28(33)35)21-9-11-22(12-10-21)37-17-20-16-25(19-7-8-19)31-24-6-4-3-5-23(20)24/h3-6,9-12,16,18-19,26,36H,7-8,13-15,17,30H2,1-2H3,(H,32,34)/t26-,29-/m1/s1. The van der Waals surface area contributed by atoms with E-state index in [1.54, 1.807) is 5.48 Å². The fourth-order valence-electron chi connectivity index (χ4n) is 5.21. The minimum Gasteiger partial charge on any atom is -0.489 e. The summed E-state index contributed by atoms with van der Waals surface area (Å²) in [7, 11) is 0. The van der Waals surface area contributed by atoms with Crippen molar-refractivity contribution in [3.63, 3.8) is 0 Å². The monoisotopic (exact) mass is 502 g/mol. The summed E-state index contributed by atoms with van der Waals surface area (Å²) >= 11 is 0. The van der Waals surface area contributed by atoms with Gasteiger partial charge in [0.2, 0.25) is 5.91 Å². The summed E-state index contributed by atoms with van der Waals surface area (Å²) in [6, 6.07) is 16.8. The minimum atomic E-state index is -1.23. The Morgan fingerprint density at radius 3 is 2.62 bits per heavy atom. The van der Waals surface area contributed by atoms with Gasteiger partial charge in [0.15, 0.2) is 0 Å². The molecular formula is C29H34N4O4. The first kappa shape index (κ1) is 25.2. The van der Waals surface area contributed by atoms with Gasteiger partial charge in [0.1, 0.15) is 23.9 Å². The minimum absolute atomic E-state index is 0.164. The van der Waals surface area contributed by atoms with E-state index in [0.717, 1.165) is 22.2 Å². The summed E-state index contributed by atoms with van der Waals surface area (Å²) < 4.78 is 6.14. The van der Waals surface area contributed by atoms with Gasteiger partial charge in [-0.2, -0.15) is 0 Å². The molecule has 0 spiro atoms. The van der Waals surface area contributed by atoms with Crippen molar-refractivity contribution in [1.29, 1.82) is 0 Å². The van der Waals surface area contributed by atoms with Crippen LogP contribution in [-0.4, -0.2) is 39.5 Å². The number of nitrogens with one attached hydrogen (secondary N) is 1. The lowest BCUT2D eigenvalue weighted by molar-refractivity contribution is -0.144. The molecular weight excluding hydrogens is 468 g/mol. The first-order chi connectivity index (χ1) is 17.8. The molecule has 1 aliphatic carbocycles. The van der Waals surface area contributed by atoms with E-state index >= 15 is 0 Å². The average molecular weight is 503 g/mol. The molecule has 194 valence electrons. The van der Waals surface area contributed by atoms with E-state index in [4.69, 9.17) is 15.5 Å². The van der Waals surface area contributed by atoms with Gasteiger partial charge in [-0.3, -0.25) is 19.8 Å². The van der Waals surface area contributed by atoms with E-state index in [1.165, 1.54) is 17.7 Å². The van der Waals surface area contributed by atoms with E-state index in [1.807, 2.05) is 56.3 Å². The van der Waals surface area contributed by atoms with Crippen LogP contribution in [0.4, 0.5) is 0 Å². The number of amides is 2. The number of hydrogen-bond acceptors (Lipinski definition) is 6. The summed E-state index contributed by atoms with van der Waals surface area (Å²) in [6.07, 6.45) is 3.19. The van der Waals surface area contributed by atoms with Crippen molar-refractivity contribution in [3.8, 4) is 5.75 Å². The predicted molar refractivity (Wildman–Crippen MR) is 140 cm³/mol. The fraction of sp³-hybridized carbons (Fsp3) is 0.414. The highest BCUT2D eigenvalue weighted by molar-refractivity contribution is 5.94. The Balaban J connectivity index is 1.31. The number of aromatic nitrogens is 1. The SMILES string of the molecule is CC(C)C[C@H](C(=O)NO)N1CC[C@@](N)(c2ccc(OCc3cc(C4CC4)nc4ccccc34)cc2)C1=O. The maximum absolute atomic E-state index is 13.4. The quantitative estimate of drug-likeness (QED) is 0.301. The van der Waals surface area contributed by atoms with Crippen molar-refractivity contribution >= 4 is 22.7 Å². The molecule has 8 nitrogen and oxygen atoms in total. The number of fused-ring (bicyclic) bond motifs is 1. The summed E-state index contributed by atoms with van der Waals surface area (Å²) in [4.78, 5) is 32.0. The maximum Gasteiger partial charge on any atom is 0.266 e. The summed E-state index contributed by atoms with van der Waals surface area (Å²) in [6.45, 7) is 4.69. The second-order valence-electron chi connectivity index (χ2n) is 10.7. The van der Waals surface area contributed by atoms with Crippen molar-refractivity contribution in [2.24, 2.45) is 11.7 Å². The van der Waals surface area contributed by atoms with Crippen LogP contribution >= 0.6 is 0 Å². The number of hydrogen-bond donors (Lipinski definition) is 3. The summed E-state index contributed by atoms with van der Waals surface area (Å²) in [5, 5.41) is 10.3. The van der Waals surface area contributed by atoms with Crippen LogP contribution in [0.2, 0.25) is 0 Å². The molecule has 1 aliphatic heterocycles. The van der Waals surface area contributed by atoms with Crippen molar-refractivity contribution in [2.75, 3.05) is 6.54 Å². The highest BCUT2D eigenvalue weighted by atomic mass is 16.5. The van der Waals surface area contributed by atoms with Crippen LogP contribution in [0.3, 0.4) is 0 Å². The van der Waals surface area contributed by atoms with Gasteiger partial charge >= 0.3 is 0 Å². The Morgan fingerprint density at radius 1 is 1.22 bits per heavy atom. The number of nitrogens with zero attached hydrogens (tertiary/aromatic N) is 2. The number of carbonyl (C=O) groups excluding carboxylic acids is 2. The van der Waals surface area contributed by atoms with Crippen molar-refractivity contribution < 1.29 is 19.5 Å². The Bertz CT molecular complexity index is 1310. The van der Waals surface area contributed by atoms with Crippen LogP contribution in [0.5, 0.6) is 5.75 Å². The Morgan fingerprint density at radius 2 is 1.95 bits per heavy atom. The average Bonchev–Trinajstić information content (AvgIpc) is 3.71. The summed E-state index contributed by atoms with van der Waals surface area (Å²) in [5.41, 5.74) is 11.0.